The van der Waals surface area contributed by atoms with Gasteiger partial charge in [-0.3, -0.25) is 24.2 Å². The van der Waals surface area contributed by atoms with Crippen LogP contribution in [0.1, 0.15) is 102 Å². The van der Waals surface area contributed by atoms with Crippen LogP contribution >= 0.6 is 11.6 Å². The zero-order chi connectivity index (χ0) is 94.6. The Labute approximate surface area is 807 Å². The first-order valence-corrected chi connectivity index (χ1v) is 49.0. The highest BCUT2D eigenvalue weighted by atomic mass is 35.5. The van der Waals surface area contributed by atoms with E-state index in [1.165, 1.54) is 85.5 Å². The number of hydrogen-bond donors (Lipinski definition) is 0. The van der Waals surface area contributed by atoms with E-state index >= 15 is 0 Å². The molecule has 6 fully saturated rings. The predicted octanol–water partition coefficient (Wildman–Crippen LogP) is 13.6. The van der Waals surface area contributed by atoms with Crippen LogP contribution in [-0.4, -0.2) is 289 Å². The number of likely N-dealkylation sites (tertiary alicyclic amines) is 3. The summed E-state index contributed by atoms with van der Waals surface area (Å²) in [6.07, 6.45) is 21.5. The van der Waals surface area contributed by atoms with Gasteiger partial charge < -0.3 is 87.5 Å². The summed E-state index contributed by atoms with van der Waals surface area (Å²) in [6.45, 7) is 42.0. The molecule has 0 unspecified atom stereocenters. The second kappa shape index (κ2) is 43.3. The highest BCUT2D eigenvalue weighted by Gasteiger charge is 2.42. The molecule has 6 aromatic carbocycles. The molecular weight excluding hydrogens is 1740 g/mol. The zero-order valence-corrected chi connectivity index (χ0v) is 79.9. The van der Waals surface area contributed by atoms with E-state index in [9.17, 15) is 19.2 Å². The van der Waals surface area contributed by atoms with Crippen LogP contribution in [0.5, 0.6) is 18.0 Å². The molecule has 29 nitrogen and oxygen atoms in total. The molecule has 0 bridgehead atoms. The van der Waals surface area contributed by atoms with Gasteiger partial charge in [0.05, 0.1) is 36.7 Å². The quantitative estimate of drug-likeness (QED) is 0.0328. The third kappa shape index (κ3) is 21.3. The summed E-state index contributed by atoms with van der Waals surface area (Å²) in [5.41, 5.74) is 13.9. The summed E-state index contributed by atoms with van der Waals surface area (Å²) >= 11 is 5.78. The fraction of sp³-hybridized carbons (Fsp3) is 0.439. The summed E-state index contributed by atoms with van der Waals surface area (Å²) in [5.74, 6) is 2.56. The summed E-state index contributed by atoms with van der Waals surface area (Å²) in [7, 11) is 6.43. The first kappa shape index (κ1) is 94.0. The van der Waals surface area contributed by atoms with Crippen LogP contribution in [0, 0.1) is 33.6 Å². The highest BCUT2D eigenvalue weighted by molar-refractivity contribution is 6.19. The Morgan fingerprint density at radius 3 is 1.28 bits per heavy atom. The number of aryl methyl sites for hydroxylation is 2. The van der Waals surface area contributed by atoms with Crippen molar-refractivity contribution in [2.24, 2.45) is 0 Å². The number of piperazine rings is 3. The number of pyridine rings is 1. The van der Waals surface area contributed by atoms with E-state index in [1.54, 1.807) is 40.4 Å². The van der Waals surface area contributed by atoms with Crippen molar-refractivity contribution in [2.75, 3.05) is 194 Å². The highest BCUT2D eigenvalue weighted by Crippen LogP contribution is 2.42. The van der Waals surface area contributed by atoms with Crippen molar-refractivity contribution in [3.05, 3.63) is 254 Å². The molecule has 9 aliphatic heterocycles. The molecular formula is C107H121ClN22O7. The maximum Gasteiger partial charge on any atom is 0.318 e. The molecule has 30 heteroatoms. The molecule has 10 aromatic rings. The fourth-order valence-electron chi connectivity index (χ4n) is 21.6. The number of hydrogen-bond acceptors (Lipinski definition) is 23. The number of likely N-dealkylation sites (N-methyl/N-ethyl adjacent to an activating group) is 3. The number of anilines is 6. The molecule has 0 radical (unpaired) electrons. The van der Waals surface area contributed by atoms with E-state index in [0.717, 1.165) is 141 Å². The van der Waals surface area contributed by atoms with Gasteiger partial charge in [0.2, 0.25) is 31.4 Å². The van der Waals surface area contributed by atoms with E-state index < -0.39 is 0 Å². The number of aromatic nitrogens is 7. The van der Waals surface area contributed by atoms with Gasteiger partial charge in [0.25, 0.3) is 5.91 Å². The first-order valence-electron chi connectivity index (χ1n) is 48.5. The first-order chi connectivity index (χ1) is 66.9. The number of ether oxygens (including phenoxy) is 3. The second-order valence-corrected chi connectivity index (χ2v) is 37.9. The van der Waals surface area contributed by atoms with Gasteiger partial charge in [0.1, 0.15) is 55.4 Å². The molecule has 6 saturated heterocycles. The van der Waals surface area contributed by atoms with Crippen molar-refractivity contribution in [3.8, 4) is 18.0 Å². The summed E-state index contributed by atoms with van der Waals surface area (Å²) in [5, 5.41) is 7.46. The Hall–Kier alpha value is -13.4. The molecule has 6 atom stereocenters. The Morgan fingerprint density at radius 1 is 0.438 bits per heavy atom. The largest absolute Gasteiger partial charge is 0.462 e. The van der Waals surface area contributed by atoms with Gasteiger partial charge >= 0.3 is 18.0 Å². The standard InChI is InChI=1S/C37H40N8O2.C36H41N7O3.C34H40ClN7O2/c1-38-23-30-24-44(20-21-45(30)35(46)15-14-27-8-6-17-39-22-27)36-32-16-19-43(34-13-5-10-28-9-3-4-12-31(28)34)25-33(32)40-37(41-36)47-26-29-11-7-18-42(29)2;1-24-7-4-8-25-9-5-11-32(33(24)25)41-16-14-30-31(22-41)38-36(46-23-27-10-6-15-40(27)3)39-34(30)42-17-18-43(28(21-42)20-37-2)35(45)26-12-13-29(44)19-26;1-24-8-4-9-25-10-5-12-30(32(24)25)40-17-14-28-29(22-40)37-34(44-23-26-11-7-16-39(26)3)38-33(28)41-18-19-42(27(21-41)20-36-2)31(43)13-6-15-35/h3-6,8-10,12-15,17,22,29-30H,7,11,16,18-21,23-26H2,2H3;4-5,7-9,11,19,27-28H,6,10,12-18,20-23H2,1,3H3;4-6,8-10,12-13,26-27H,7,11,14-23H2,1,3H3/b15-14+;;13-6+/t29-,30-;27-,28-;26-,27-/m000/s1. The van der Waals surface area contributed by atoms with E-state index in [4.69, 9.17) is 75.4 Å². The minimum atomic E-state index is -0.295. The second-order valence-electron chi connectivity index (χ2n) is 37.6. The Balaban J connectivity index is 0.000000137. The Morgan fingerprint density at radius 2 is 0.854 bits per heavy atom. The van der Waals surface area contributed by atoms with Crippen molar-refractivity contribution < 1.29 is 33.4 Å². The lowest BCUT2D eigenvalue weighted by Gasteiger charge is -2.41. The molecule has 708 valence electrons. The molecule has 0 saturated carbocycles. The van der Waals surface area contributed by atoms with Crippen LogP contribution < -0.4 is 43.6 Å². The number of amides is 3. The third-order valence-electron chi connectivity index (χ3n) is 29.1. The van der Waals surface area contributed by atoms with Crippen molar-refractivity contribution in [1.82, 2.24) is 64.3 Å². The normalized spacial score (nSPS) is 20.9. The van der Waals surface area contributed by atoms with Crippen LogP contribution in [0.25, 0.3) is 52.9 Å². The van der Waals surface area contributed by atoms with Gasteiger partial charge in [0.15, 0.2) is 5.78 Å². The lowest BCUT2D eigenvalue weighted by atomic mass is 9.99. The third-order valence-corrected chi connectivity index (χ3v) is 29.2. The number of carbonyl (C=O) groups excluding carboxylic acids is 4. The molecule has 20 rings (SSSR count). The van der Waals surface area contributed by atoms with Gasteiger partial charge in [0, 0.05) is 189 Å². The van der Waals surface area contributed by atoms with Crippen molar-refractivity contribution in [2.45, 2.75) is 140 Å². The molecule has 3 amide bonds. The van der Waals surface area contributed by atoms with E-state index in [0.29, 0.717) is 153 Å². The minimum Gasteiger partial charge on any atom is -0.462 e. The monoisotopic (exact) mass is 1860 g/mol. The van der Waals surface area contributed by atoms with Crippen molar-refractivity contribution in [1.29, 1.82) is 0 Å². The zero-order valence-electron chi connectivity index (χ0n) is 79.2. The van der Waals surface area contributed by atoms with E-state index in [-0.39, 0.29) is 67.1 Å². The Kier molecular flexibility index (Phi) is 29.7. The average Bonchev–Trinajstić information content (AvgIpc) is 1.61. The van der Waals surface area contributed by atoms with Crippen LogP contribution in [0.15, 0.2) is 170 Å². The maximum absolute atomic E-state index is 13.4. The SMILES string of the molecule is [C-]#[N+]C[C@H]1CN(c2nc(OC[C@@H]3CCCN3C)nc3c2CCN(c2cccc4cccc(C)c24)C3)CCN1C(=O)/C=C/CCl.[C-]#[N+]C[C@H]1CN(c2nc(OC[C@@H]3CCCN3C)nc3c2CCN(c2cccc4cccc(C)c24)C3)CCN1C(=O)C1=CC(=O)CC1.[C-]#[N+]C[C@H]1CN(c2nc(OC[C@@H]3CCCN3C)nc3c2CCN(c2cccc4ccccc24)C3)CCN1C(=O)/C=C/c1cccnc1. The number of halogens is 1. The number of nitrogens with zero attached hydrogens (tertiary/aromatic N) is 22. The molecule has 10 aliphatic rings. The molecule has 13 heterocycles. The van der Waals surface area contributed by atoms with E-state index in [2.05, 4.69) is 214 Å². The lowest BCUT2D eigenvalue weighted by Crippen LogP contribution is -2.57. The van der Waals surface area contributed by atoms with Gasteiger partial charge in [-0.2, -0.15) is 29.9 Å². The number of benzene rings is 6. The topological polar surface area (TPSA) is 238 Å². The number of carbonyl (C=O) groups is 4. The number of allylic oxidation sites excluding steroid dienone is 2. The number of fused-ring (bicyclic) bond motifs is 6. The van der Waals surface area contributed by atoms with Crippen molar-refractivity contribution in [3.63, 3.8) is 0 Å². The van der Waals surface area contributed by atoms with Crippen LogP contribution in [0.3, 0.4) is 0 Å². The fourth-order valence-corrected chi connectivity index (χ4v) is 21.7. The lowest BCUT2D eigenvalue weighted by molar-refractivity contribution is -0.130. The van der Waals surface area contributed by atoms with Gasteiger partial charge in [-0.05, 0) is 188 Å². The number of ketones is 1. The van der Waals surface area contributed by atoms with Crippen molar-refractivity contribution >= 4 is 108 Å². The predicted molar refractivity (Wildman–Crippen MR) is 538 cm³/mol. The van der Waals surface area contributed by atoms with E-state index in [1.807, 2.05) is 17.0 Å². The summed E-state index contributed by atoms with van der Waals surface area (Å²) < 4.78 is 19.0. The molecule has 137 heavy (non-hydrogen) atoms. The molecule has 0 N–H and O–H groups in total. The van der Waals surface area contributed by atoms with Gasteiger partial charge in [-0.25, -0.2) is 19.7 Å². The summed E-state index contributed by atoms with van der Waals surface area (Å²) in [6, 6.07) is 46.1. The van der Waals surface area contributed by atoms with Gasteiger partial charge in [-0.1, -0.05) is 109 Å². The molecule has 0 spiro atoms. The molecule has 1 aliphatic carbocycles. The average molecular weight is 1860 g/mol. The van der Waals surface area contributed by atoms with Gasteiger partial charge in [-0.15, -0.1) is 11.6 Å². The Bertz CT molecular complexity index is 6320. The van der Waals surface area contributed by atoms with Crippen LogP contribution in [0.4, 0.5) is 34.5 Å². The number of alkyl halides is 1. The summed E-state index contributed by atoms with van der Waals surface area (Å²) in [4.78, 5) is 123. The van der Waals surface area contributed by atoms with Crippen LogP contribution in [-0.2, 0) is 58.1 Å². The minimum absolute atomic E-state index is 0.000333. The van der Waals surface area contributed by atoms with Crippen LogP contribution in [0.2, 0.25) is 0 Å². The smallest absolute Gasteiger partial charge is 0.318 e. The number of rotatable bonds is 23. The maximum atomic E-state index is 13.4. The molecule has 4 aromatic heterocycles.